The lowest BCUT2D eigenvalue weighted by atomic mass is 10.1. The third-order valence-corrected chi connectivity index (χ3v) is 3.88. The van der Waals surface area contributed by atoms with Crippen molar-refractivity contribution in [3.05, 3.63) is 60.9 Å². The van der Waals surface area contributed by atoms with Gasteiger partial charge in [-0.1, -0.05) is 36.0 Å². The molecule has 2 N–H and O–H groups in total. The van der Waals surface area contributed by atoms with Gasteiger partial charge in [-0.15, -0.1) is 0 Å². The zero-order valence-electron chi connectivity index (χ0n) is 9.71. The van der Waals surface area contributed by atoms with Gasteiger partial charge in [0.25, 0.3) is 0 Å². The Labute approximate surface area is 110 Å². The number of hydrogen-bond acceptors (Lipinski definition) is 3. The Bertz CT molecular complexity index is 680. The molecule has 0 aliphatic rings. The molecule has 3 heteroatoms. The zero-order chi connectivity index (χ0) is 12.4. The van der Waals surface area contributed by atoms with Crippen LogP contribution in [0.5, 0.6) is 0 Å². The first-order valence-corrected chi connectivity index (χ1v) is 6.51. The highest BCUT2D eigenvalue weighted by Gasteiger charge is 2.05. The van der Waals surface area contributed by atoms with E-state index in [1.165, 1.54) is 4.90 Å². The van der Waals surface area contributed by atoms with Crippen LogP contribution in [0.3, 0.4) is 0 Å². The van der Waals surface area contributed by atoms with Crippen molar-refractivity contribution in [2.45, 2.75) is 9.79 Å². The number of nitrogens with zero attached hydrogens (tertiary/aromatic N) is 1. The van der Waals surface area contributed by atoms with Crippen molar-refractivity contribution in [1.82, 2.24) is 4.98 Å². The predicted molar refractivity (Wildman–Crippen MR) is 76.7 cm³/mol. The number of benzene rings is 2. The molecule has 1 aromatic heterocycles. The Kier molecular flexibility index (Phi) is 2.90. The Hall–Kier alpha value is -2.00. The van der Waals surface area contributed by atoms with Gasteiger partial charge in [-0.2, -0.15) is 0 Å². The van der Waals surface area contributed by atoms with E-state index >= 15 is 0 Å². The summed E-state index contributed by atoms with van der Waals surface area (Å²) in [5, 5.41) is 2.14. The van der Waals surface area contributed by atoms with Gasteiger partial charge in [0.05, 0.1) is 5.69 Å². The van der Waals surface area contributed by atoms with E-state index in [2.05, 4.69) is 29.2 Å². The number of hydrogen-bond donors (Lipinski definition) is 1. The number of rotatable bonds is 2. The molecule has 3 rings (SSSR count). The van der Waals surface area contributed by atoms with E-state index in [-0.39, 0.29) is 0 Å². The van der Waals surface area contributed by atoms with Crippen LogP contribution in [0.1, 0.15) is 0 Å². The minimum Gasteiger partial charge on any atom is -0.397 e. The molecule has 0 amide bonds. The van der Waals surface area contributed by atoms with E-state index in [1.54, 1.807) is 18.0 Å². The van der Waals surface area contributed by atoms with Crippen LogP contribution in [-0.4, -0.2) is 4.98 Å². The van der Waals surface area contributed by atoms with Crippen LogP contribution in [0.25, 0.3) is 10.8 Å². The van der Waals surface area contributed by atoms with Crippen LogP contribution in [0, 0.1) is 0 Å². The number of aromatic nitrogens is 1. The van der Waals surface area contributed by atoms with E-state index in [0.29, 0.717) is 0 Å². The zero-order valence-corrected chi connectivity index (χ0v) is 10.5. The molecule has 0 radical (unpaired) electrons. The molecule has 88 valence electrons. The molecule has 0 aliphatic heterocycles. The fraction of sp³-hybridized carbons (Fsp3) is 0. The topological polar surface area (TPSA) is 38.9 Å². The van der Waals surface area contributed by atoms with Crippen LogP contribution in [0.4, 0.5) is 5.69 Å². The molecule has 0 atom stereocenters. The Morgan fingerprint density at radius 2 is 1.78 bits per heavy atom. The van der Waals surface area contributed by atoms with Gasteiger partial charge in [0.1, 0.15) is 0 Å². The van der Waals surface area contributed by atoms with Crippen LogP contribution >= 0.6 is 11.8 Å². The molecule has 0 saturated carbocycles. The van der Waals surface area contributed by atoms with Gasteiger partial charge >= 0.3 is 0 Å². The van der Waals surface area contributed by atoms with E-state index in [1.807, 2.05) is 30.5 Å². The molecule has 1 heterocycles. The Morgan fingerprint density at radius 3 is 2.61 bits per heavy atom. The second kappa shape index (κ2) is 4.70. The fourth-order valence-electron chi connectivity index (χ4n) is 1.88. The van der Waals surface area contributed by atoms with Crippen LogP contribution in [0.15, 0.2) is 70.7 Å². The quantitative estimate of drug-likeness (QED) is 0.701. The monoisotopic (exact) mass is 252 g/mol. The first kappa shape index (κ1) is 11.1. The van der Waals surface area contributed by atoms with Crippen molar-refractivity contribution in [3.8, 4) is 0 Å². The lowest BCUT2D eigenvalue weighted by molar-refractivity contribution is 1.35. The summed E-state index contributed by atoms with van der Waals surface area (Å²) in [6.45, 7) is 0. The number of pyridine rings is 1. The summed E-state index contributed by atoms with van der Waals surface area (Å²) in [5.74, 6) is 0. The summed E-state index contributed by atoms with van der Waals surface area (Å²) in [4.78, 5) is 6.38. The lowest BCUT2D eigenvalue weighted by Gasteiger charge is -2.08. The number of nitrogen functional groups attached to an aromatic ring is 1. The molecule has 18 heavy (non-hydrogen) atoms. The maximum absolute atomic E-state index is 6.22. The molecule has 0 spiro atoms. The van der Waals surface area contributed by atoms with E-state index in [0.717, 1.165) is 21.4 Å². The van der Waals surface area contributed by atoms with Crippen molar-refractivity contribution in [1.29, 1.82) is 0 Å². The first-order valence-electron chi connectivity index (χ1n) is 5.70. The average molecular weight is 252 g/mol. The molecule has 0 unspecified atom stereocenters. The lowest BCUT2D eigenvalue weighted by Crippen LogP contribution is -1.90. The Morgan fingerprint density at radius 1 is 0.944 bits per heavy atom. The molecule has 2 nitrogen and oxygen atoms in total. The number of nitrogens with two attached hydrogens (primary N) is 1. The van der Waals surface area contributed by atoms with E-state index in [9.17, 15) is 0 Å². The van der Waals surface area contributed by atoms with Gasteiger partial charge in [-0.05, 0) is 24.3 Å². The minimum absolute atomic E-state index is 0.823. The fourth-order valence-corrected chi connectivity index (χ4v) is 2.78. The van der Waals surface area contributed by atoms with Gasteiger partial charge in [-0.3, -0.25) is 4.98 Å². The maximum atomic E-state index is 6.22. The largest absolute Gasteiger partial charge is 0.397 e. The van der Waals surface area contributed by atoms with Crippen molar-refractivity contribution < 1.29 is 0 Å². The summed E-state index contributed by atoms with van der Waals surface area (Å²) < 4.78 is 0. The smallest absolute Gasteiger partial charge is 0.0536 e. The second-order valence-corrected chi connectivity index (χ2v) is 5.10. The van der Waals surface area contributed by atoms with Gasteiger partial charge in [-0.25, -0.2) is 0 Å². The molecule has 2 aromatic carbocycles. The second-order valence-electron chi connectivity index (χ2n) is 3.99. The van der Waals surface area contributed by atoms with Gasteiger partial charge in [0.15, 0.2) is 0 Å². The van der Waals surface area contributed by atoms with Crippen molar-refractivity contribution >= 4 is 28.2 Å². The van der Waals surface area contributed by atoms with Crippen LogP contribution < -0.4 is 5.73 Å². The van der Waals surface area contributed by atoms with Gasteiger partial charge < -0.3 is 5.73 Å². The Balaban J connectivity index is 2.05. The molecule has 0 bridgehead atoms. The van der Waals surface area contributed by atoms with Gasteiger partial charge in [0, 0.05) is 33.0 Å². The van der Waals surface area contributed by atoms with Crippen molar-refractivity contribution in [3.63, 3.8) is 0 Å². The predicted octanol–water partition coefficient (Wildman–Crippen LogP) is 3.97. The molecule has 3 aromatic rings. The average Bonchev–Trinajstić information content (AvgIpc) is 2.43. The molecule has 0 saturated heterocycles. The highest BCUT2D eigenvalue weighted by Crippen LogP contribution is 2.35. The summed E-state index contributed by atoms with van der Waals surface area (Å²) in [6.07, 6.45) is 3.61. The number of fused-ring (bicyclic) bond motifs is 1. The van der Waals surface area contributed by atoms with Crippen molar-refractivity contribution in [2.75, 3.05) is 5.73 Å². The summed E-state index contributed by atoms with van der Waals surface area (Å²) in [5.41, 5.74) is 7.04. The highest BCUT2D eigenvalue weighted by atomic mass is 32.2. The molecule has 0 fully saturated rings. The summed E-state index contributed by atoms with van der Waals surface area (Å²) in [6, 6.07) is 16.3. The van der Waals surface area contributed by atoms with Crippen LogP contribution in [-0.2, 0) is 0 Å². The standard InChI is InChI=1S/C15H12N2S/c16-15-13-8-9-17-10-11(13)6-7-14(15)18-12-4-2-1-3-5-12/h1-10H,16H2. The van der Waals surface area contributed by atoms with Crippen LogP contribution in [0.2, 0.25) is 0 Å². The molecule has 0 aliphatic carbocycles. The van der Waals surface area contributed by atoms with Gasteiger partial charge in [0.2, 0.25) is 0 Å². The summed E-state index contributed by atoms with van der Waals surface area (Å²) >= 11 is 1.68. The van der Waals surface area contributed by atoms with Crippen molar-refractivity contribution in [2.24, 2.45) is 0 Å². The summed E-state index contributed by atoms with van der Waals surface area (Å²) in [7, 11) is 0. The normalized spacial score (nSPS) is 10.7. The third kappa shape index (κ3) is 2.05. The van der Waals surface area contributed by atoms with E-state index < -0.39 is 0 Å². The molecular formula is C15H12N2S. The SMILES string of the molecule is Nc1c(Sc2ccccc2)ccc2cnccc12. The highest BCUT2D eigenvalue weighted by molar-refractivity contribution is 7.99. The molecular weight excluding hydrogens is 240 g/mol. The first-order chi connectivity index (χ1) is 8.84. The number of anilines is 1. The van der Waals surface area contributed by atoms with E-state index in [4.69, 9.17) is 5.73 Å². The third-order valence-electron chi connectivity index (χ3n) is 2.79. The minimum atomic E-state index is 0.823. The maximum Gasteiger partial charge on any atom is 0.0536 e.